The van der Waals surface area contributed by atoms with Gasteiger partial charge in [-0.25, -0.2) is 0 Å². The summed E-state index contributed by atoms with van der Waals surface area (Å²) >= 11 is 0. The van der Waals surface area contributed by atoms with Crippen LogP contribution in [0, 0.1) is 0 Å². The topological polar surface area (TPSA) is 58.6 Å². The first kappa shape index (κ1) is 14.1. The smallest absolute Gasteiger partial charge is 0.252 e. The Morgan fingerprint density at radius 1 is 1.33 bits per heavy atom. The zero-order valence-electron chi connectivity index (χ0n) is 12.2. The zero-order chi connectivity index (χ0) is 14.8. The van der Waals surface area contributed by atoms with Crippen molar-refractivity contribution in [3.8, 4) is 0 Å². The van der Waals surface area contributed by atoms with E-state index in [4.69, 9.17) is 4.74 Å². The van der Waals surface area contributed by atoms with Crippen molar-refractivity contribution in [1.82, 2.24) is 4.90 Å². The van der Waals surface area contributed by atoms with Crippen LogP contribution < -0.4 is 5.32 Å². The third kappa shape index (κ3) is 2.78. The second-order valence-electron chi connectivity index (χ2n) is 5.64. The second-order valence-corrected chi connectivity index (χ2v) is 5.64. The number of ether oxygens (including phenoxy) is 1. The summed E-state index contributed by atoms with van der Waals surface area (Å²) in [5.74, 6) is -0.224. The molecule has 0 bridgehead atoms. The summed E-state index contributed by atoms with van der Waals surface area (Å²) in [6, 6.07) is 7.11. The van der Waals surface area contributed by atoms with Gasteiger partial charge in [0.1, 0.15) is 12.1 Å². The molecule has 1 saturated heterocycles. The largest absolute Gasteiger partial charge is 0.368 e. The number of rotatable bonds is 1. The van der Waals surface area contributed by atoms with Crippen molar-refractivity contribution in [2.75, 3.05) is 11.9 Å². The molecule has 2 heterocycles. The van der Waals surface area contributed by atoms with Gasteiger partial charge in [0, 0.05) is 18.8 Å². The van der Waals surface area contributed by atoms with E-state index in [-0.39, 0.29) is 11.8 Å². The maximum atomic E-state index is 12.7. The van der Waals surface area contributed by atoms with Gasteiger partial charge >= 0.3 is 0 Å². The molecule has 2 unspecified atom stereocenters. The number of carbonyl (C=O) groups excluding carboxylic acids is 2. The lowest BCUT2D eigenvalue weighted by Crippen LogP contribution is -2.48. The summed E-state index contributed by atoms with van der Waals surface area (Å²) in [6.45, 7) is 2.83. The van der Waals surface area contributed by atoms with E-state index in [1.807, 2.05) is 24.3 Å². The molecule has 0 saturated carbocycles. The maximum Gasteiger partial charge on any atom is 0.252 e. The van der Waals surface area contributed by atoms with Gasteiger partial charge in [-0.15, -0.1) is 0 Å². The monoisotopic (exact) mass is 288 g/mol. The highest BCUT2D eigenvalue weighted by Crippen LogP contribution is 2.25. The predicted molar refractivity (Wildman–Crippen MR) is 78.7 cm³/mol. The number of fused-ring (bicyclic) bond motifs is 1. The predicted octanol–water partition coefficient (Wildman–Crippen LogP) is 1.92. The molecule has 2 aliphatic heterocycles. The molecule has 1 fully saturated rings. The van der Waals surface area contributed by atoms with Gasteiger partial charge in [-0.3, -0.25) is 9.59 Å². The molecule has 5 nitrogen and oxygen atoms in total. The first-order valence-electron chi connectivity index (χ1n) is 7.47. The number of hydrogen-bond acceptors (Lipinski definition) is 3. The minimum absolute atomic E-state index is 0.0750. The number of para-hydroxylation sites is 1. The van der Waals surface area contributed by atoms with E-state index in [9.17, 15) is 9.59 Å². The maximum absolute atomic E-state index is 12.7. The van der Waals surface area contributed by atoms with Gasteiger partial charge in [0.25, 0.3) is 5.91 Å². The summed E-state index contributed by atoms with van der Waals surface area (Å²) in [5.41, 5.74) is 1.74. The molecule has 112 valence electrons. The van der Waals surface area contributed by atoms with Crippen LogP contribution in [-0.2, 0) is 20.9 Å². The molecule has 1 N–H and O–H groups in total. The van der Waals surface area contributed by atoms with Gasteiger partial charge in [-0.1, -0.05) is 18.2 Å². The summed E-state index contributed by atoms with van der Waals surface area (Å²) in [5, 5.41) is 2.89. The summed E-state index contributed by atoms with van der Waals surface area (Å²) in [6.07, 6.45) is 2.34. The molecule has 1 aromatic carbocycles. The molecule has 3 rings (SSSR count). The lowest BCUT2D eigenvalue weighted by Gasteiger charge is -2.31. The average Bonchev–Trinajstić information content (AvgIpc) is 2.65. The Bertz CT molecular complexity index is 552. The Morgan fingerprint density at radius 2 is 2.14 bits per heavy atom. The van der Waals surface area contributed by atoms with Gasteiger partial charge in [-0.05, 0) is 37.8 Å². The quantitative estimate of drug-likeness (QED) is 0.859. The Balaban J connectivity index is 1.86. The molecule has 0 radical (unpaired) electrons. The van der Waals surface area contributed by atoms with E-state index < -0.39 is 12.1 Å². The van der Waals surface area contributed by atoms with Gasteiger partial charge in [-0.2, -0.15) is 0 Å². The highest BCUT2D eigenvalue weighted by Gasteiger charge is 2.34. The standard InChI is InChI=1S/C16H20N2O3/c1-11-15(19)17-13-7-3-2-6-12(13)10-18(11)16(20)14-8-4-5-9-21-14/h2-3,6-7,11,14H,4-5,8-10H2,1H3,(H,17,19). The number of hydrogen-bond donors (Lipinski definition) is 1. The third-order valence-electron chi connectivity index (χ3n) is 4.20. The lowest BCUT2D eigenvalue weighted by molar-refractivity contribution is -0.151. The number of carbonyl (C=O) groups is 2. The molecule has 2 aliphatic rings. The van der Waals surface area contributed by atoms with Crippen molar-refractivity contribution in [3.63, 3.8) is 0 Å². The molecular formula is C16H20N2O3. The zero-order valence-corrected chi connectivity index (χ0v) is 12.2. The highest BCUT2D eigenvalue weighted by atomic mass is 16.5. The SMILES string of the molecule is CC1C(=O)Nc2ccccc2CN1C(=O)C1CCCCO1. The van der Waals surface area contributed by atoms with Crippen LogP contribution in [0.15, 0.2) is 24.3 Å². The minimum atomic E-state index is -0.490. The van der Waals surface area contributed by atoms with Crippen LogP contribution in [0.3, 0.4) is 0 Å². The molecule has 0 aromatic heterocycles. The van der Waals surface area contributed by atoms with E-state index in [1.54, 1.807) is 11.8 Å². The molecule has 2 atom stereocenters. The molecule has 1 aromatic rings. The van der Waals surface area contributed by atoms with Crippen molar-refractivity contribution >= 4 is 17.5 Å². The molecular weight excluding hydrogens is 268 g/mol. The first-order valence-corrected chi connectivity index (χ1v) is 7.47. The Labute approximate surface area is 124 Å². The Hall–Kier alpha value is -1.88. The molecule has 2 amide bonds. The van der Waals surface area contributed by atoms with Crippen LogP contribution in [0.4, 0.5) is 5.69 Å². The molecule has 0 aliphatic carbocycles. The van der Waals surface area contributed by atoms with Crippen molar-refractivity contribution in [3.05, 3.63) is 29.8 Å². The highest BCUT2D eigenvalue weighted by molar-refractivity contribution is 5.99. The summed E-state index contributed by atoms with van der Waals surface area (Å²) in [4.78, 5) is 26.6. The molecule has 21 heavy (non-hydrogen) atoms. The van der Waals surface area contributed by atoms with Gasteiger partial charge in [0.2, 0.25) is 5.91 Å². The fraction of sp³-hybridized carbons (Fsp3) is 0.500. The normalized spacial score (nSPS) is 25.8. The number of benzene rings is 1. The molecule has 0 spiro atoms. The van der Waals surface area contributed by atoms with Crippen LogP contribution in [0.5, 0.6) is 0 Å². The number of anilines is 1. The second kappa shape index (κ2) is 5.85. The summed E-state index contributed by atoms with van der Waals surface area (Å²) in [7, 11) is 0. The van der Waals surface area contributed by atoms with Gasteiger partial charge in [0.05, 0.1) is 0 Å². The fourth-order valence-electron chi connectivity index (χ4n) is 2.87. The Morgan fingerprint density at radius 3 is 2.90 bits per heavy atom. The number of amides is 2. The fourth-order valence-corrected chi connectivity index (χ4v) is 2.87. The number of nitrogens with zero attached hydrogens (tertiary/aromatic N) is 1. The van der Waals surface area contributed by atoms with E-state index in [0.29, 0.717) is 13.2 Å². The van der Waals surface area contributed by atoms with Crippen LogP contribution in [-0.4, -0.2) is 35.5 Å². The third-order valence-corrected chi connectivity index (χ3v) is 4.20. The van der Waals surface area contributed by atoms with Gasteiger partial charge in [0.15, 0.2) is 0 Å². The van der Waals surface area contributed by atoms with Crippen molar-refractivity contribution in [2.45, 2.75) is 44.9 Å². The van der Waals surface area contributed by atoms with Crippen LogP contribution in [0.25, 0.3) is 0 Å². The van der Waals surface area contributed by atoms with E-state index in [0.717, 1.165) is 30.5 Å². The van der Waals surface area contributed by atoms with Crippen LogP contribution in [0.1, 0.15) is 31.7 Å². The Kier molecular flexibility index (Phi) is 3.92. The van der Waals surface area contributed by atoms with Crippen LogP contribution >= 0.6 is 0 Å². The van der Waals surface area contributed by atoms with Crippen molar-refractivity contribution in [2.24, 2.45) is 0 Å². The van der Waals surface area contributed by atoms with E-state index in [1.165, 1.54) is 0 Å². The minimum Gasteiger partial charge on any atom is -0.368 e. The van der Waals surface area contributed by atoms with Crippen LogP contribution in [0.2, 0.25) is 0 Å². The lowest BCUT2D eigenvalue weighted by atomic mass is 10.1. The van der Waals surface area contributed by atoms with Gasteiger partial charge < -0.3 is 15.0 Å². The first-order chi connectivity index (χ1) is 10.2. The van der Waals surface area contributed by atoms with E-state index >= 15 is 0 Å². The van der Waals surface area contributed by atoms with E-state index in [2.05, 4.69) is 5.32 Å². The van der Waals surface area contributed by atoms with Crippen molar-refractivity contribution < 1.29 is 14.3 Å². The molecule has 5 heteroatoms. The number of nitrogens with one attached hydrogen (secondary N) is 1. The average molecular weight is 288 g/mol. The van der Waals surface area contributed by atoms with Crippen molar-refractivity contribution in [1.29, 1.82) is 0 Å². The summed E-state index contributed by atoms with van der Waals surface area (Å²) < 4.78 is 5.58.